The maximum absolute atomic E-state index is 11.6. The van der Waals surface area contributed by atoms with E-state index in [0.29, 0.717) is 5.69 Å². The molecular formula is C10H15N3O4. The minimum Gasteiger partial charge on any atom is -0.477 e. The molecule has 1 heterocycles. The van der Waals surface area contributed by atoms with Gasteiger partial charge in [0.2, 0.25) is 0 Å². The smallest absolute Gasteiger partial charge is 0.354 e. The number of hydrogen-bond donors (Lipinski definition) is 4. The van der Waals surface area contributed by atoms with Gasteiger partial charge in [0, 0.05) is 19.3 Å². The predicted molar refractivity (Wildman–Crippen MR) is 61.2 cm³/mol. The number of aliphatic hydroxyl groups is 1. The van der Waals surface area contributed by atoms with Crippen LogP contribution < -0.4 is 5.32 Å². The van der Waals surface area contributed by atoms with Gasteiger partial charge in [-0.3, -0.25) is 0 Å². The molecule has 0 unspecified atom stereocenters. The minimum absolute atomic E-state index is 0.0618. The largest absolute Gasteiger partial charge is 0.477 e. The summed E-state index contributed by atoms with van der Waals surface area (Å²) in [6, 6.07) is 1.06. The van der Waals surface area contributed by atoms with Crippen LogP contribution >= 0.6 is 0 Å². The maximum Gasteiger partial charge on any atom is 0.354 e. The molecule has 2 amide bonds. The Morgan fingerprint density at radius 2 is 2.18 bits per heavy atom. The summed E-state index contributed by atoms with van der Waals surface area (Å²) in [7, 11) is 1.51. The Bertz CT molecular complexity index is 427. The van der Waals surface area contributed by atoms with Crippen molar-refractivity contribution in [3.63, 3.8) is 0 Å². The molecule has 17 heavy (non-hydrogen) atoms. The number of aliphatic hydroxyl groups excluding tert-OH is 1. The second-order valence-corrected chi connectivity index (χ2v) is 3.62. The monoisotopic (exact) mass is 241 g/mol. The van der Waals surface area contributed by atoms with Gasteiger partial charge >= 0.3 is 12.0 Å². The van der Waals surface area contributed by atoms with Gasteiger partial charge in [0.25, 0.3) is 0 Å². The topological polar surface area (TPSA) is 106 Å². The van der Waals surface area contributed by atoms with E-state index in [1.54, 1.807) is 6.92 Å². The number of likely N-dealkylation sites (N-methyl/N-ethyl adjacent to an activating group) is 1. The van der Waals surface area contributed by atoms with E-state index in [-0.39, 0.29) is 24.5 Å². The Balaban J connectivity index is 2.81. The first-order valence-corrected chi connectivity index (χ1v) is 5.01. The maximum atomic E-state index is 11.6. The highest BCUT2D eigenvalue weighted by Crippen LogP contribution is 2.17. The molecular weight excluding hydrogens is 226 g/mol. The molecule has 0 saturated heterocycles. The number of aromatic amines is 1. The molecule has 0 atom stereocenters. The highest BCUT2D eigenvalue weighted by Gasteiger charge is 2.16. The van der Waals surface area contributed by atoms with Crippen LogP contribution in [0.5, 0.6) is 0 Å². The molecule has 0 spiro atoms. The first-order chi connectivity index (χ1) is 7.95. The summed E-state index contributed by atoms with van der Waals surface area (Å²) in [5, 5.41) is 20.0. The molecule has 0 aliphatic carbocycles. The van der Waals surface area contributed by atoms with Gasteiger partial charge in [-0.1, -0.05) is 0 Å². The number of rotatable bonds is 4. The van der Waals surface area contributed by atoms with Gasteiger partial charge in [-0.05, 0) is 13.0 Å². The van der Waals surface area contributed by atoms with Gasteiger partial charge in [0.05, 0.1) is 12.3 Å². The zero-order valence-electron chi connectivity index (χ0n) is 9.65. The van der Waals surface area contributed by atoms with E-state index in [2.05, 4.69) is 10.3 Å². The zero-order chi connectivity index (χ0) is 13.0. The lowest BCUT2D eigenvalue weighted by Crippen LogP contribution is -2.33. The fourth-order valence-electron chi connectivity index (χ4n) is 1.32. The Labute approximate surface area is 98.1 Å². The summed E-state index contributed by atoms with van der Waals surface area (Å²) in [4.78, 5) is 26.4. The summed E-state index contributed by atoms with van der Waals surface area (Å²) in [5.74, 6) is -1.14. The number of amides is 2. The number of H-pyrrole nitrogens is 1. The van der Waals surface area contributed by atoms with Gasteiger partial charge in [0.15, 0.2) is 0 Å². The lowest BCUT2D eigenvalue weighted by molar-refractivity contribution is 0.0692. The first kappa shape index (κ1) is 13.0. The van der Waals surface area contributed by atoms with Gasteiger partial charge in [0.1, 0.15) is 5.69 Å². The number of nitrogens with zero attached hydrogens (tertiary/aromatic N) is 1. The highest BCUT2D eigenvalue weighted by atomic mass is 16.4. The SMILES string of the molecule is Cc1cc(NC(=O)N(C)CCO)c(C(=O)O)[nH]1. The molecule has 0 aromatic carbocycles. The number of nitrogens with one attached hydrogen (secondary N) is 2. The van der Waals surface area contributed by atoms with Crippen LogP contribution in [0.1, 0.15) is 16.2 Å². The second-order valence-electron chi connectivity index (χ2n) is 3.62. The Morgan fingerprint density at radius 3 is 2.71 bits per heavy atom. The fourth-order valence-corrected chi connectivity index (χ4v) is 1.32. The lowest BCUT2D eigenvalue weighted by atomic mass is 10.3. The van der Waals surface area contributed by atoms with Crippen molar-refractivity contribution in [1.29, 1.82) is 0 Å². The number of hydrogen-bond acceptors (Lipinski definition) is 3. The van der Waals surface area contributed by atoms with E-state index in [9.17, 15) is 9.59 Å². The van der Waals surface area contributed by atoms with Crippen molar-refractivity contribution in [2.24, 2.45) is 0 Å². The normalized spacial score (nSPS) is 10.1. The standard InChI is InChI=1S/C10H15N3O4/c1-6-5-7(8(11-6)9(15)16)12-10(17)13(2)3-4-14/h5,11,14H,3-4H2,1-2H3,(H,12,17)(H,15,16). The van der Waals surface area contributed by atoms with Gasteiger partial charge in [-0.25, -0.2) is 9.59 Å². The third kappa shape index (κ3) is 3.22. The number of carbonyl (C=O) groups excluding carboxylic acids is 1. The number of carboxylic acids is 1. The van der Waals surface area contributed by atoms with Crippen LogP contribution in [0.4, 0.5) is 10.5 Å². The molecule has 7 nitrogen and oxygen atoms in total. The van der Waals surface area contributed by atoms with Crippen molar-refractivity contribution >= 4 is 17.7 Å². The van der Waals surface area contributed by atoms with Crippen LogP contribution in [0, 0.1) is 6.92 Å². The summed E-state index contributed by atoms with van der Waals surface area (Å²) >= 11 is 0. The van der Waals surface area contributed by atoms with E-state index in [1.807, 2.05) is 0 Å². The van der Waals surface area contributed by atoms with Crippen molar-refractivity contribution in [3.05, 3.63) is 17.5 Å². The van der Waals surface area contributed by atoms with E-state index < -0.39 is 12.0 Å². The van der Waals surface area contributed by atoms with E-state index in [1.165, 1.54) is 18.0 Å². The van der Waals surface area contributed by atoms with Crippen molar-refractivity contribution < 1.29 is 19.8 Å². The Kier molecular flexibility index (Phi) is 4.11. The van der Waals surface area contributed by atoms with Crippen molar-refractivity contribution in [2.75, 3.05) is 25.5 Å². The van der Waals surface area contributed by atoms with E-state index in [0.717, 1.165) is 0 Å². The van der Waals surface area contributed by atoms with Crippen molar-refractivity contribution in [2.45, 2.75) is 6.92 Å². The zero-order valence-corrected chi connectivity index (χ0v) is 9.65. The lowest BCUT2D eigenvalue weighted by Gasteiger charge is -2.16. The van der Waals surface area contributed by atoms with Crippen LogP contribution in [0.2, 0.25) is 0 Å². The van der Waals surface area contributed by atoms with E-state index >= 15 is 0 Å². The Morgan fingerprint density at radius 1 is 1.53 bits per heavy atom. The number of aromatic carboxylic acids is 1. The van der Waals surface area contributed by atoms with Crippen molar-refractivity contribution in [1.82, 2.24) is 9.88 Å². The number of urea groups is 1. The summed E-state index contributed by atoms with van der Waals surface area (Å²) in [6.07, 6.45) is 0. The summed E-state index contributed by atoms with van der Waals surface area (Å²) in [5.41, 5.74) is 0.792. The number of anilines is 1. The van der Waals surface area contributed by atoms with Crippen molar-refractivity contribution in [3.8, 4) is 0 Å². The summed E-state index contributed by atoms with van der Waals surface area (Å²) in [6.45, 7) is 1.72. The molecule has 0 saturated carbocycles. The second kappa shape index (κ2) is 5.35. The quantitative estimate of drug-likeness (QED) is 0.615. The van der Waals surface area contributed by atoms with Crippen LogP contribution in [0.3, 0.4) is 0 Å². The van der Waals surface area contributed by atoms with Gasteiger partial charge < -0.3 is 25.4 Å². The highest BCUT2D eigenvalue weighted by molar-refractivity contribution is 5.99. The van der Waals surface area contributed by atoms with E-state index in [4.69, 9.17) is 10.2 Å². The first-order valence-electron chi connectivity index (χ1n) is 5.01. The molecule has 1 rings (SSSR count). The Hall–Kier alpha value is -2.02. The van der Waals surface area contributed by atoms with Crippen LogP contribution in [-0.2, 0) is 0 Å². The molecule has 0 bridgehead atoms. The minimum atomic E-state index is -1.14. The predicted octanol–water partition coefficient (Wildman–Crippen LogP) is 0.477. The number of carbonyl (C=O) groups is 2. The molecule has 4 N–H and O–H groups in total. The van der Waals surface area contributed by atoms with Crippen LogP contribution in [0.15, 0.2) is 6.07 Å². The number of carboxylic acid groups (broad SMARTS) is 1. The molecule has 0 aliphatic rings. The molecule has 1 aromatic rings. The van der Waals surface area contributed by atoms with Crippen LogP contribution in [0.25, 0.3) is 0 Å². The number of aryl methyl sites for hydroxylation is 1. The van der Waals surface area contributed by atoms with Crippen LogP contribution in [-0.4, -0.2) is 52.3 Å². The average molecular weight is 241 g/mol. The molecule has 7 heteroatoms. The molecule has 94 valence electrons. The summed E-state index contributed by atoms with van der Waals surface area (Å²) < 4.78 is 0. The molecule has 0 fully saturated rings. The average Bonchev–Trinajstić information content (AvgIpc) is 2.60. The fraction of sp³-hybridized carbons (Fsp3) is 0.400. The third-order valence-corrected chi connectivity index (χ3v) is 2.19. The van der Waals surface area contributed by atoms with Gasteiger partial charge in [-0.15, -0.1) is 0 Å². The molecule has 1 aromatic heterocycles. The van der Waals surface area contributed by atoms with Gasteiger partial charge in [-0.2, -0.15) is 0 Å². The third-order valence-electron chi connectivity index (χ3n) is 2.19. The molecule has 0 aliphatic heterocycles. The molecule has 0 radical (unpaired) electrons. The number of aromatic nitrogens is 1.